The zero-order chi connectivity index (χ0) is 9.97. The van der Waals surface area contributed by atoms with E-state index in [4.69, 9.17) is 4.74 Å². The van der Waals surface area contributed by atoms with Gasteiger partial charge in [0, 0.05) is 4.83 Å². The fourth-order valence-corrected chi connectivity index (χ4v) is 3.50. The standard InChI is InChI=1S/C12H21BrO/c1-9-4-2-5-10(8-9)14-12-7-3-6-11(12)13/h9-12H,2-8H2,1H3. The molecule has 2 saturated carbocycles. The molecule has 0 aliphatic heterocycles. The van der Waals surface area contributed by atoms with Gasteiger partial charge in [-0.25, -0.2) is 0 Å². The number of ether oxygens (including phenoxy) is 1. The number of rotatable bonds is 2. The van der Waals surface area contributed by atoms with Crippen LogP contribution in [0.25, 0.3) is 0 Å². The molecule has 0 saturated heterocycles. The van der Waals surface area contributed by atoms with Crippen LogP contribution in [0.3, 0.4) is 0 Å². The van der Waals surface area contributed by atoms with Crippen molar-refractivity contribution < 1.29 is 4.74 Å². The minimum atomic E-state index is 0.505. The Hall–Kier alpha value is 0.440. The van der Waals surface area contributed by atoms with Crippen LogP contribution in [0.5, 0.6) is 0 Å². The van der Waals surface area contributed by atoms with Gasteiger partial charge in [0.1, 0.15) is 0 Å². The van der Waals surface area contributed by atoms with E-state index < -0.39 is 0 Å². The molecule has 2 rings (SSSR count). The van der Waals surface area contributed by atoms with E-state index in [1.807, 2.05) is 0 Å². The number of hydrogen-bond acceptors (Lipinski definition) is 1. The van der Waals surface area contributed by atoms with Crippen molar-refractivity contribution in [3.8, 4) is 0 Å². The normalized spacial score (nSPS) is 44.1. The van der Waals surface area contributed by atoms with E-state index in [1.54, 1.807) is 0 Å². The lowest BCUT2D eigenvalue weighted by Crippen LogP contribution is -2.29. The van der Waals surface area contributed by atoms with Crippen LogP contribution in [0.2, 0.25) is 0 Å². The third kappa shape index (κ3) is 2.73. The van der Waals surface area contributed by atoms with Crippen LogP contribution in [-0.2, 0) is 4.74 Å². The Kier molecular flexibility index (Phi) is 3.89. The molecule has 0 N–H and O–H groups in total. The summed E-state index contributed by atoms with van der Waals surface area (Å²) >= 11 is 3.72. The van der Waals surface area contributed by atoms with Crippen molar-refractivity contribution in [1.29, 1.82) is 0 Å². The first-order valence-corrected chi connectivity index (χ1v) is 6.97. The van der Waals surface area contributed by atoms with Crippen LogP contribution < -0.4 is 0 Å². The van der Waals surface area contributed by atoms with Crippen LogP contribution in [0.1, 0.15) is 51.9 Å². The van der Waals surface area contributed by atoms with E-state index in [-0.39, 0.29) is 0 Å². The average Bonchev–Trinajstić information content (AvgIpc) is 2.52. The monoisotopic (exact) mass is 260 g/mol. The summed E-state index contributed by atoms with van der Waals surface area (Å²) in [6, 6.07) is 0. The van der Waals surface area contributed by atoms with E-state index in [0.29, 0.717) is 17.0 Å². The molecular weight excluding hydrogens is 240 g/mol. The van der Waals surface area contributed by atoms with Crippen molar-refractivity contribution in [2.75, 3.05) is 0 Å². The van der Waals surface area contributed by atoms with Crippen molar-refractivity contribution in [3.63, 3.8) is 0 Å². The van der Waals surface area contributed by atoms with Gasteiger partial charge in [-0.15, -0.1) is 0 Å². The molecule has 2 heteroatoms. The summed E-state index contributed by atoms with van der Waals surface area (Å²) < 4.78 is 6.19. The molecule has 1 nitrogen and oxygen atoms in total. The Bertz CT molecular complexity index is 183. The number of alkyl halides is 1. The molecule has 2 aliphatic rings. The molecule has 0 aromatic heterocycles. The smallest absolute Gasteiger partial charge is 0.0703 e. The van der Waals surface area contributed by atoms with Gasteiger partial charge in [-0.2, -0.15) is 0 Å². The molecule has 0 spiro atoms. The molecule has 2 aliphatic carbocycles. The SMILES string of the molecule is CC1CCCC(OC2CCCC2Br)C1. The van der Waals surface area contributed by atoms with Gasteiger partial charge in [0.2, 0.25) is 0 Å². The molecule has 0 aromatic rings. The fraction of sp³-hybridized carbons (Fsp3) is 1.00. The molecule has 0 amide bonds. The quantitative estimate of drug-likeness (QED) is 0.685. The van der Waals surface area contributed by atoms with Gasteiger partial charge in [0.05, 0.1) is 12.2 Å². The van der Waals surface area contributed by atoms with Crippen molar-refractivity contribution in [3.05, 3.63) is 0 Å². The number of hydrogen-bond donors (Lipinski definition) is 0. The topological polar surface area (TPSA) is 9.23 Å². The lowest BCUT2D eigenvalue weighted by atomic mass is 9.88. The molecule has 0 aromatic carbocycles. The summed E-state index contributed by atoms with van der Waals surface area (Å²) in [5, 5.41) is 0. The zero-order valence-corrected chi connectivity index (χ0v) is 10.6. The first kappa shape index (κ1) is 10.9. The second kappa shape index (κ2) is 4.98. The van der Waals surface area contributed by atoms with Crippen molar-refractivity contribution >= 4 is 15.9 Å². The molecule has 14 heavy (non-hydrogen) atoms. The Morgan fingerprint density at radius 1 is 1.07 bits per heavy atom. The van der Waals surface area contributed by atoms with Gasteiger partial charge in [-0.05, 0) is 38.0 Å². The maximum Gasteiger partial charge on any atom is 0.0703 e. The van der Waals surface area contributed by atoms with Crippen LogP contribution in [0, 0.1) is 5.92 Å². The second-order valence-electron chi connectivity index (χ2n) is 5.02. The molecule has 0 heterocycles. The zero-order valence-electron chi connectivity index (χ0n) is 9.05. The molecule has 4 atom stereocenters. The van der Waals surface area contributed by atoms with Crippen LogP contribution in [0.15, 0.2) is 0 Å². The van der Waals surface area contributed by atoms with Crippen molar-refractivity contribution in [2.24, 2.45) is 5.92 Å². The highest BCUT2D eigenvalue weighted by atomic mass is 79.9. The van der Waals surface area contributed by atoms with Gasteiger partial charge < -0.3 is 4.74 Å². The number of halogens is 1. The minimum absolute atomic E-state index is 0.505. The Balaban J connectivity index is 1.78. The molecule has 4 unspecified atom stereocenters. The van der Waals surface area contributed by atoms with E-state index in [1.165, 1.54) is 44.9 Å². The van der Waals surface area contributed by atoms with Crippen LogP contribution in [-0.4, -0.2) is 17.0 Å². The first-order chi connectivity index (χ1) is 6.75. The van der Waals surface area contributed by atoms with Gasteiger partial charge in [-0.1, -0.05) is 35.7 Å². The predicted octanol–water partition coefficient (Wildman–Crippen LogP) is 3.90. The molecule has 0 bridgehead atoms. The van der Waals surface area contributed by atoms with E-state index >= 15 is 0 Å². The lowest BCUT2D eigenvalue weighted by molar-refractivity contribution is -0.0320. The van der Waals surface area contributed by atoms with Crippen LogP contribution in [0.4, 0.5) is 0 Å². The van der Waals surface area contributed by atoms with E-state index in [9.17, 15) is 0 Å². The minimum Gasteiger partial charge on any atom is -0.374 e. The van der Waals surface area contributed by atoms with Crippen LogP contribution >= 0.6 is 15.9 Å². The molecule has 2 fully saturated rings. The molecule has 82 valence electrons. The summed E-state index contributed by atoms with van der Waals surface area (Å²) in [6.07, 6.45) is 10.3. The average molecular weight is 261 g/mol. The summed E-state index contributed by atoms with van der Waals surface area (Å²) in [5.74, 6) is 0.879. The van der Waals surface area contributed by atoms with Gasteiger partial charge >= 0.3 is 0 Å². The predicted molar refractivity (Wildman–Crippen MR) is 62.9 cm³/mol. The molecular formula is C12H21BrO. The highest BCUT2D eigenvalue weighted by Crippen LogP contribution is 2.33. The Morgan fingerprint density at radius 2 is 1.86 bits per heavy atom. The maximum atomic E-state index is 6.19. The Labute approximate surface area is 95.7 Å². The Morgan fingerprint density at radius 3 is 2.50 bits per heavy atom. The second-order valence-corrected chi connectivity index (χ2v) is 6.19. The highest BCUT2D eigenvalue weighted by Gasteiger charge is 2.29. The van der Waals surface area contributed by atoms with E-state index in [0.717, 1.165) is 5.92 Å². The fourth-order valence-electron chi connectivity index (χ4n) is 2.78. The maximum absolute atomic E-state index is 6.19. The summed E-state index contributed by atoms with van der Waals surface area (Å²) in [7, 11) is 0. The summed E-state index contributed by atoms with van der Waals surface area (Å²) in [5.41, 5.74) is 0. The van der Waals surface area contributed by atoms with Crippen molar-refractivity contribution in [1.82, 2.24) is 0 Å². The summed E-state index contributed by atoms with van der Waals surface area (Å²) in [4.78, 5) is 0.625. The largest absolute Gasteiger partial charge is 0.374 e. The highest BCUT2D eigenvalue weighted by molar-refractivity contribution is 9.09. The van der Waals surface area contributed by atoms with Crippen molar-refractivity contribution in [2.45, 2.75) is 68.9 Å². The molecule has 0 radical (unpaired) electrons. The van der Waals surface area contributed by atoms with Gasteiger partial charge in [-0.3, -0.25) is 0 Å². The third-order valence-corrected chi connectivity index (χ3v) is 4.67. The lowest BCUT2D eigenvalue weighted by Gasteiger charge is -2.30. The summed E-state index contributed by atoms with van der Waals surface area (Å²) in [6.45, 7) is 2.36. The van der Waals surface area contributed by atoms with Gasteiger partial charge in [0.25, 0.3) is 0 Å². The van der Waals surface area contributed by atoms with E-state index in [2.05, 4.69) is 22.9 Å². The van der Waals surface area contributed by atoms with Gasteiger partial charge in [0.15, 0.2) is 0 Å². The first-order valence-electron chi connectivity index (χ1n) is 6.05. The third-order valence-electron chi connectivity index (χ3n) is 3.63.